The summed E-state index contributed by atoms with van der Waals surface area (Å²) in [5.41, 5.74) is 0.679. The third kappa shape index (κ3) is 2.60. The van der Waals surface area contributed by atoms with Gasteiger partial charge in [-0.15, -0.1) is 0 Å². The van der Waals surface area contributed by atoms with Gasteiger partial charge in [-0.3, -0.25) is 14.7 Å². The zero-order valence-electron chi connectivity index (χ0n) is 11.5. The van der Waals surface area contributed by atoms with Crippen LogP contribution < -0.4 is 0 Å². The molecule has 2 fully saturated rings. The van der Waals surface area contributed by atoms with Gasteiger partial charge in [-0.2, -0.15) is 0 Å². The first kappa shape index (κ1) is 14.0. The molecule has 3 rings (SSSR count). The molecule has 1 aromatic rings. The molecule has 3 heterocycles. The van der Waals surface area contributed by atoms with Crippen LogP contribution in [-0.4, -0.2) is 66.1 Å². The molecular formula is C14H18BrN3O2. The van der Waals surface area contributed by atoms with Gasteiger partial charge in [0.15, 0.2) is 0 Å². The van der Waals surface area contributed by atoms with Crippen molar-refractivity contribution >= 4 is 21.8 Å². The van der Waals surface area contributed by atoms with E-state index in [1.807, 2.05) is 4.90 Å². The van der Waals surface area contributed by atoms with Crippen molar-refractivity contribution in [2.24, 2.45) is 0 Å². The zero-order valence-corrected chi connectivity index (χ0v) is 13.0. The number of aromatic nitrogens is 1. The van der Waals surface area contributed by atoms with E-state index in [1.54, 1.807) is 18.5 Å². The molecule has 2 unspecified atom stereocenters. The van der Waals surface area contributed by atoms with Crippen molar-refractivity contribution < 1.29 is 9.53 Å². The molecule has 1 amide bonds. The van der Waals surface area contributed by atoms with Crippen LogP contribution >= 0.6 is 15.9 Å². The lowest BCUT2D eigenvalue weighted by Crippen LogP contribution is -2.59. The predicted molar refractivity (Wildman–Crippen MR) is 78.6 cm³/mol. The molecule has 6 heteroatoms. The Bertz CT molecular complexity index is 511. The van der Waals surface area contributed by atoms with Gasteiger partial charge < -0.3 is 9.64 Å². The number of piperidine rings is 1. The van der Waals surface area contributed by atoms with Crippen LogP contribution in [0.3, 0.4) is 0 Å². The summed E-state index contributed by atoms with van der Waals surface area (Å²) in [6.45, 7) is 3.21. The largest absolute Gasteiger partial charge is 0.375 e. The van der Waals surface area contributed by atoms with Gasteiger partial charge in [0.2, 0.25) is 0 Å². The molecule has 0 N–H and O–H groups in total. The topological polar surface area (TPSA) is 45.7 Å². The maximum Gasteiger partial charge on any atom is 0.255 e. The first-order valence-electron chi connectivity index (χ1n) is 6.87. The van der Waals surface area contributed by atoms with E-state index < -0.39 is 0 Å². The van der Waals surface area contributed by atoms with Gasteiger partial charge in [-0.05, 0) is 35.5 Å². The number of amides is 1. The number of carbonyl (C=O) groups is 1. The van der Waals surface area contributed by atoms with Gasteiger partial charge >= 0.3 is 0 Å². The Balaban J connectivity index is 1.75. The van der Waals surface area contributed by atoms with Crippen LogP contribution in [0.4, 0.5) is 0 Å². The van der Waals surface area contributed by atoms with Crippen molar-refractivity contribution in [2.45, 2.75) is 18.6 Å². The van der Waals surface area contributed by atoms with Gasteiger partial charge in [0.25, 0.3) is 5.91 Å². The first-order chi connectivity index (χ1) is 9.66. The van der Waals surface area contributed by atoms with E-state index in [9.17, 15) is 4.79 Å². The lowest BCUT2D eigenvalue weighted by molar-refractivity contribution is -0.0893. The fourth-order valence-corrected chi connectivity index (χ4v) is 3.37. The molecule has 0 aromatic carbocycles. The van der Waals surface area contributed by atoms with Gasteiger partial charge in [-0.1, -0.05) is 0 Å². The number of halogens is 1. The molecule has 0 spiro atoms. The second kappa shape index (κ2) is 5.79. The van der Waals surface area contributed by atoms with E-state index in [2.05, 4.69) is 32.9 Å². The van der Waals surface area contributed by atoms with Crippen LogP contribution in [0.1, 0.15) is 16.8 Å². The standard InChI is InChI=1S/C14H18BrN3O2/c1-17-6-7-20-13-3-5-18(9-12(13)17)14(19)10-2-4-16-8-11(10)15/h2,4,8,12-13H,3,5-7,9H2,1H3. The van der Waals surface area contributed by atoms with Crippen molar-refractivity contribution in [2.75, 3.05) is 33.3 Å². The first-order valence-corrected chi connectivity index (χ1v) is 7.67. The van der Waals surface area contributed by atoms with Crippen molar-refractivity contribution in [3.8, 4) is 0 Å². The Morgan fingerprint density at radius 3 is 3.15 bits per heavy atom. The Morgan fingerprint density at radius 2 is 2.35 bits per heavy atom. The minimum atomic E-state index is 0.0664. The fraction of sp³-hybridized carbons (Fsp3) is 0.571. The minimum absolute atomic E-state index is 0.0664. The highest BCUT2D eigenvalue weighted by Crippen LogP contribution is 2.24. The summed E-state index contributed by atoms with van der Waals surface area (Å²) in [4.78, 5) is 20.8. The summed E-state index contributed by atoms with van der Waals surface area (Å²) in [5.74, 6) is 0.0664. The third-order valence-electron chi connectivity index (χ3n) is 4.15. The van der Waals surface area contributed by atoms with Crippen LogP contribution in [0.2, 0.25) is 0 Å². The SMILES string of the molecule is CN1CCOC2CCN(C(=O)c3ccncc3Br)CC21. The molecule has 0 bridgehead atoms. The maximum atomic E-state index is 12.6. The average molecular weight is 340 g/mol. The number of fused-ring (bicyclic) bond motifs is 1. The van der Waals surface area contributed by atoms with E-state index in [4.69, 9.17) is 4.74 Å². The average Bonchev–Trinajstić information content (AvgIpc) is 2.47. The van der Waals surface area contributed by atoms with Gasteiger partial charge in [0.1, 0.15) is 0 Å². The fourth-order valence-electron chi connectivity index (χ4n) is 2.95. The van der Waals surface area contributed by atoms with E-state index in [-0.39, 0.29) is 12.0 Å². The number of hydrogen-bond donors (Lipinski definition) is 0. The number of morpholine rings is 1. The summed E-state index contributed by atoms with van der Waals surface area (Å²) >= 11 is 3.40. The van der Waals surface area contributed by atoms with Crippen LogP contribution in [0.5, 0.6) is 0 Å². The zero-order chi connectivity index (χ0) is 14.1. The Morgan fingerprint density at radius 1 is 1.50 bits per heavy atom. The lowest BCUT2D eigenvalue weighted by Gasteiger charge is -2.45. The molecule has 2 saturated heterocycles. The smallest absolute Gasteiger partial charge is 0.255 e. The number of carbonyl (C=O) groups excluding carboxylic acids is 1. The highest BCUT2D eigenvalue weighted by atomic mass is 79.9. The molecule has 20 heavy (non-hydrogen) atoms. The molecule has 1 aromatic heterocycles. The van der Waals surface area contributed by atoms with Crippen LogP contribution in [0.15, 0.2) is 22.9 Å². The molecule has 2 aliphatic heterocycles. The lowest BCUT2D eigenvalue weighted by atomic mass is 9.98. The number of ether oxygens (including phenoxy) is 1. The molecule has 5 nitrogen and oxygen atoms in total. The van der Waals surface area contributed by atoms with E-state index in [1.165, 1.54) is 0 Å². The van der Waals surface area contributed by atoms with Gasteiger partial charge in [0.05, 0.1) is 24.3 Å². The van der Waals surface area contributed by atoms with Gasteiger partial charge in [-0.25, -0.2) is 0 Å². The van der Waals surface area contributed by atoms with Crippen molar-refractivity contribution in [3.05, 3.63) is 28.5 Å². The van der Waals surface area contributed by atoms with Crippen molar-refractivity contribution in [3.63, 3.8) is 0 Å². The summed E-state index contributed by atoms with van der Waals surface area (Å²) in [6, 6.07) is 2.07. The van der Waals surface area contributed by atoms with E-state index in [0.29, 0.717) is 11.6 Å². The number of pyridine rings is 1. The highest BCUT2D eigenvalue weighted by Gasteiger charge is 2.37. The molecule has 2 atom stereocenters. The molecule has 2 aliphatic rings. The molecule has 0 radical (unpaired) electrons. The number of likely N-dealkylation sites (tertiary alicyclic amines) is 1. The second-order valence-electron chi connectivity index (χ2n) is 5.35. The quantitative estimate of drug-likeness (QED) is 0.775. The summed E-state index contributed by atoms with van der Waals surface area (Å²) in [6.07, 6.45) is 4.48. The third-order valence-corrected chi connectivity index (χ3v) is 4.78. The minimum Gasteiger partial charge on any atom is -0.375 e. The highest BCUT2D eigenvalue weighted by molar-refractivity contribution is 9.10. The van der Waals surface area contributed by atoms with Crippen molar-refractivity contribution in [1.29, 1.82) is 0 Å². The maximum absolute atomic E-state index is 12.6. The number of likely N-dealkylation sites (N-methyl/N-ethyl adjacent to an activating group) is 1. The summed E-state index contributed by atoms with van der Waals surface area (Å²) in [7, 11) is 2.11. The van der Waals surface area contributed by atoms with E-state index >= 15 is 0 Å². The number of rotatable bonds is 1. The molecule has 108 valence electrons. The van der Waals surface area contributed by atoms with E-state index in [0.717, 1.165) is 37.1 Å². The molecule has 0 aliphatic carbocycles. The normalized spacial score (nSPS) is 27.2. The molecule has 0 saturated carbocycles. The van der Waals surface area contributed by atoms with Crippen LogP contribution in [0, 0.1) is 0 Å². The van der Waals surface area contributed by atoms with Crippen LogP contribution in [0.25, 0.3) is 0 Å². The monoisotopic (exact) mass is 339 g/mol. The Labute approximate surface area is 127 Å². The Kier molecular flexibility index (Phi) is 4.05. The summed E-state index contributed by atoms with van der Waals surface area (Å²) in [5, 5.41) is 0. The Hall–Kier alpha value is -0.980. The second-order valence-corrected chi connectivity index (χ2v) is 6.21. The van der Waals surface area contributed by atoms with Crippen molar-refractivity contribution in [1.82, 2.24) is 14.8 Å². The predicted octanol–water partition coefficient (Wildman–Crippen LogP) is 1.39. The summed E-state index contributed by atoms with van der Waals surface area (Å²) < 4.78 is 6.56. The van der Waals surface area contributed by atoms with Gasteiger partial charge in [0, 0.05) is 36.5 Å². The molecular weight excluding hydrogens is 322 g/mol. The number of hydrogen-bond acceptors (Lipinski definition) is 4. The van der Waals surface area contributed by atoms with Crippen LogP contribution in [-0.2, 0) is 4.74 Å². The number of nitrogens with zero attached hydrogens (tertiary/aromatic N) is 3.